The zero-order valence-corrected chi connectivity index (χ0v) is 10.7. The maximum absolute atomic E-state index is 12.2. The fraction of sp³-hybridized carbons (Fsp3) is 0.583. The Morgan fingerprint density at radius 1 is 1.31 bits per heavy atom. The van der Waals surface area contributed by atoms with E-state index in [4.69, 9.17) is 17.3 Å². The Labute approximate surface area is 105 Å². The van der Waals surface area contributed by atoms with Gasteiger partial charge in [0.15, 0.2) is 5.78 Å². The molecule has 0 aromatic carbocycles. The van der Waals surface area contributed by atoms with Crippen LogP contribution in [0.15, 0.2) is 12.1 Å². The summed E-state index contributed by atoms with van der Waals surface area (Å²) in [5.41, 5.74) is 6.07. The van der Waals surface area contributed by atoms with E-state index in [0.717, 1.165) is 30.6 Å². The van der Waals surface area contributed by atoms with Gasteiger partial charge in [-0.3, -0.25) is 4.79 Å². The van der Waals surface area contributed by atoms with Crippen LogP contribution in [-0.4, -0.2) is 11.8 Å². The molecule has 1 aliphatic rings. The normalized spacial score (nSPS) is 26.4. The van der Waals surface area contributed by atoms with Gasteiger partial charge < -0.3 is 5.73 Å². The molecule has 88 valence electrons. The maximum atomic E-state index is 12.2. The Hall–Kier alpha value is -0.380. The van der Waals surface area contributed by atoms with Gasteiger partial charge in [-0.15, -0.1) is 11.3 Å². The monoisotopic (exact) mass is 257 g/mol. The number of thiophene rings is 1. The van der Waals surface area contributed by atoms with E-state index in [1.165, 1.54) is 17.8 Å². The van der Waals surface area contributed by atoms with Crippen molar-refractivity contribution in [2.24, 2.45) is 11.7 Å². The van der Waals surface area contributed by atoms with Gasteiger partial charge in [0.2, 0.25) is 0 Å². The van der Waals surface area contributed by atoms with Crippen molar-refractivity contribution in [1.82, 2.24) is 0 Å². The number of halogens is 1. The first-order valence-electron chi connectivity index (χ1n) is 5.73. The molecule has 1 aromatic rings. The third-order valence-electron chi connectivity index (χ3n) is 3.22. The molecular formula is C12H16ClNOS. The fourth-order valence-corrected chi connectivity index (χ4v) is 3.34. The van der Waals surface area contributed by atoms with Gasteiger partial charge >= 0.3 is 0 Å². The first-order valence-corrected chi connectivity index (χ1v) is 6.93. The molecule has 0 amide bonds. The van der Waals surface area contributed by atoms with Gasteiger partial charge in [-0.2, -0.15) is 0 Å². The molecule has 1 saturated carbocycles. The second-order valence-electron chi connectivity index (χ2n) is 4.38. The van der Waals surface area contributed by atoms with Crippen molar-refractivity contribution in [2.45, 2.75) is 38.1 Å². The lowest BCUT2D eigenvalue weighted by molar-refractivity contribution is 0.0899. The van der Waals surface area contributed by atoms with Crippen molar-refractivity contribution in [2.75, 3.05) is 0 Å². The van der Waals surface area contributed by atoms with Gasteiger partial charge in [0.05, 0.1) is 9.21 Å². The summed E-state index contributed by atoms with van der Waals surface area (Å²) in [6.45, 7) is 0. The van der Waals surface area contributed by atoms with Crippen LogP contribution in [0, 0.1) is 5.92 Å². The Bertz CT molecular complexity index is 377. The highest BCUT2D eigenvalue weighted by molar-refractivity contribution is 7.18. The highest BCUT2D eigenvalue weighted by atomic mass is 35.5. The molecule has 4 heteroatoms. The average Bonchev–Trinajstić information content (AvgIpc) is 2.57. The van der Waals surface area contributed by atoms with Crippen LogP contribution in [0.5, 0.6) is 0 Å². The molecule has 0 saturated heterocycles. The van der Waals surface area contributed by atoms with Crippen LogP contribution in [-0.2, 0) is 0 Å². The second kappa shape index (κ2) is 5.30. The number of ketones is 1. The molecule has 0 radical (unpaired) electrons. The number of carbonyl (C=O) groups excluding carboxylic acids is 1. The van der Waals surface area contributed by atoms with E-state index in [2.05, 4.69) is 0 Å². The van der Waals surface area contributed by atoms with Crippen LogP contribution in [0.1, 0.15) is 41.8 Å². The SMILES string of the molecule is NC1CCCCCC1C(=O)c1ccc(Cl)s1. The molecule has 2 rings (SSSR count). The number of hydrogen-bond donors (Lipinski definition) is 1. The standard InChI is InChI=1S/C12H16ClNOS/c13-11-7-6-10(16-11)12(15)8-4-2-1-3-5-9(8)14/h6-9H,1-5,14H2. The molecule has 16 heavy (non-hydrogen) atoms. The average molecular weight is 258 g/mol. The van der Waals surface area contributed by atoms with E-state index in [1.54, 1.807) is 6.07 Å². The first kappa shape index (κ1) is 12.1. The van der Waals surface area contributed by atoms with E-state index >= 15 is 0 Å². The predicted molar refractivity (Wildman–Crippen MR) is 68.2 cm³/mol. The molecule has 2 N–H and O–H groups in total. The summed E-state index contributed by atoms with van der Waals surface area (Å²) >= 11 is 7.21. The summed E-state index contributed by atoms with van der Waals surface area (Å²) in [5.74, 6) is 0.184. The van der Waals surface area contributed by atoms with Crippen molar-refractivity contribution in [3.63, 3.8) is 0 Å². The zero-order valence-electron chi connectivity index (χ0n) is 9.12. The minimum atomic E-state index is -0.00258. The highest BCUT2D eigenvalue weighted by Crippen LogP contribution is 2.29. The predicted octanol–water partition coefficient (Wildman–Crippen LogP) is 3.49. The molecule has 1 heterocycles. The van der Waals surface area contributed by atoms with E-state index < -0.39 is 0 Å². The summed E-state index contributed by atoms with van der Waals surface area (Å²) in [6, 6.07) is 3.62. The number of Topliss-reactive ketones (excluding diaryl/α,β-unsaturated/α-hetero) is 1. The van der Waals surface area contributed by atoms with Crippen LogP contribution >= 0.6 is 22.9 Å². The van der Waals surface area contributed by atoms with Crippen molar-refractivity contribution in [3.8, 4) is 0 Å². The molecule has 1 aliphatic carbocycles. The largest absolute Gasteiger partial charge is 0.327 e. The summed E-state index contributed by atoms with van der Waals surface area (Å²) in [4.78, 5) is 13.0. The van der Waals surface area contributed by atoms with Gasteiger partial charge in [-0.1, -0.05) is 30.9 Å². The molecule has 2 atom stereocenters. The van der Waals surface area contributed by atoms with Gasteiger partial charge in [0, 0.05) is 12.0 Å². The minimum absolute atomic E-state index is 0.00258. The Kier molecular flexibility index (Phi) is 4.00. The lowest BCUT2D eigenvalue weighted by Crippen LogP contribution is -2.34. The first-order chi connectivity index (χ1) is 7.68. The number of hydrogen-bond acceptors (Lipinski definition) is 3. The molecule has 2 unspecified atom stereocenters. The lowest BCUT2D eigenvalue weighted by Gasteiger charge is -2.18. The molecule has 1 fully saturated rings. The summed E-state index contributed by atoms with van der Waals surface area (Å²) in [6.07, 6.45) is 5.35. The summed E-state index contributed by atoms with van der Waals surface area (Å²) in [5, 5.41) is 0. The fourth-order valence-electron chi connectivity index (χ4n) is 2.29. The Morgan fingerprint density at radius 3 is 2.75 bits per heavy atom. The van der Waals surface area contributed by atoms with E-state index in [1.807, 2.05) is 6.07 Å². The summed E-state index contributed by atoms with van der Waals surface area (Å²) in [7, 11) is 0. The molecule has 0 bridgehead atoms. The van der Waals surface area contributed by atoms with Crippen LogP contribution in [0.25, 0.3) is 0 Å². The van der Waals surface area contributed by atoms with Crippen molar-refractivity contribution in [1.29, 1.82) is 0 Å². The van der Waals surface area contributed by atoms with Gasteiger partial charge in [0.1, 0.15) is 0 Å². The van der Waals surface area contributed by atoms with Gasteiger partial charge in [0.25, 0.3) is 0 Å². The van der Waals surface area contributed by atoms with Gasteiger partial charge in [-0.05, 0) is 25.0 Å². The number of carbonyl (C=O) groups is 1. The molecule has 0 aliphatic heterocycles. The molecule has 1 aromatic heterocycles. The minimum Gasteiger partial charge on any atom is -0.327 e. The smallest absolute Gasteiger partial charge is 0.177 e. The van der Waals surface area contributed by atoms with Crippen LogP contribution < -0.4 is 5.73 Å². The molecular weight excluding hydrogens is 242 g/mol. The topological polar surface area (TPSA) is 43.1 Å². The highest BCUT2D eigenvalue weighted by Gasteiger charge is 2.28. The van der Waals surface area contributed by atoms with Crippen molar-refractivity contribution in [3.05, 3.63) is 21.3 Å². The number of nitrogens with two attached hydrogens (primary N) is 1. The van der Waals surface area contributed by atoms with Gasteiger partial charge in [-0.25, -0.2) is 0 Å². The lowest BCUT2D eigenvalue weighted by atomic mass is 9.90. The Morgan fingerprint density at radius 2 is 2.06 bits per heavy atom. The van der Waals surface area contributed by atoms with E-state index in [9.17, 15) is 4.79 Å². The third kappa shape index (κ3) is 2.65. The second-order valence-corrected chi connectivity index (χ2v) is 6.09. The quantitative estimate of drug-likeness (QED) is 0.651. The van der Waals surface area contributed by atoms with Crippen molar-refractivity contribution >= 4 is 28.7 Å². The van der Waals surface area contributed by atoms with Crippen LogP contribution in [0.2, 0.25) is 4.34 Å². The van der Waals surface area contributed by atoms with E-state index in [0.29, 0.717) is 4.34 Å². The zero-order chi connectivity index (χ0) is 11.5. The maximum Gasteiger partial charge on any atom is 0.177 e. The Balaban J connectivity index is 2.13. The summed E-state index contributed by atoms with van der Waals surface area (Å²) < 4.78 is 0.672. The van der Waals surface area contributed by atoms with E-state index in [-0.39, 0.29) is 17.7 Å². The van der Waals surface area contributed by atoms with Crippen LogP contribution in [0.4, 0.5) is 0 Å². The number of rotatable bonds is 2. The van der Waals surface area contributed by atoms with Crippen molar-refractivity contribution < 1.29 is 4.79 Å². The van der Waals surface area contributed by atoms with Crippen LogP contribution in [0.3, 0.4) is 0 Å². The third-order valence-corrected chi connectivity index (χ3v) is 4.47. The molecule has 2 nitrogen and oxygen atoms in total. The molecule has 0 spiro atoms.